The number of ether oxygens (including phenoxy) is 2. The molecule has 1 saturated carbocycles. The van der Waals surface area contributed by atoms with Crippen LogP contribution in [0.15, 0.2) is 0 Å². The fourth-order valence-corrected chi connectivity index (χ4v) is 2.17. The summed E-state index contributed by atoms with van der Waals surface area (Å²) in [5.41, 5.74) is 0. The van der Waals surface area contributed by atoms with E-state index < -0.39 is 0 Å². The van der Waals surface area contributed by atoms with Crippen LogP contribution in [0.25, 0.3) is 0 Å². The Balaban J connectivity index is 1.95. The van der Waals surface area contributed by atoms with Gasteiger partial charge in [0.15, 0.2) is 5.79 Å². The molecule has 0 aromatic rings. The van der Waals surface area contributed by atoms with Crippen LogP contribution in [0.4, 0.5) is 0 Å². The Morgan fingerprint density at radius 3 is 1.83 bits per heavy atom. The molecule has 0 bridgehead atoms. The van der Waals surface area contributed by atoms with Gasteiger partial charge in [0, 0.05) is 12.8 Å². The summed E-state index contributed by atoms with van der Waals surface area (Å²) in [7, 11) is 0. The van der Waals surface area contributed by atoms with Gasteiger partial charge < -0.3 is 9.47 Å². The third kappa shape index (κ3) is 1.80. The van der Waals surface area contributed by atoms with Gasteiger partial charge >= 0.3 is 0 Å². The Morgan fingerprint density at radius 1 is 0.667 bits per heavy atom. The molecule has 2 nitrogen and oxygen atoms in total. The SMILES string of the molecule is C1CCCC2(CC1)OCCCO2. The lowest BCUT2D eigenvalue weighted by molar-refractivity contribution is -0.272. The molecular weight excluding hydrogens is 152 g/mol. The summed E-state index contributed by atoms with van der Waals surface area (Å²) in [5.74, 6) is -0.158. The van der Waals surface area contributed by atoms with Gasteiger partial charge in [0.2, 0.25) is 0 Å². The molecule has 1 aliphatic carbocycles. The van der Waals surface area contributed by atoms with Crippen molar-refractivity contribution in [3.8, 4) is 0 Å². The van der Waals surface area contributed by atoms with E-state index in [0.717, 1.165) is 32.5 Å². The Morgan fingerprint density at radius 2 is 1.25 bits per heavy atom. The summed E-state index contributed by atoms with van der Waals surface area (Å²) < 4.78 is 11.5. The Bertz CT molecular complexity index is 129. The molecule has 0 N–H and O–H groups in total. The molecule has 0 unspecified atom stereocenters. The van der Waals surface area contributed by atoms with Gasteiger partial charge in [-0.1, -0.05) is 12.8 Å². The van der Waals surface area contributed by atoms with Crippen LogP contribution in [0.1, 0.15) is 44.9 Å². The van der Waals surface area contributed by atoms with Gasteiger partial charge in [0.1, 0.15) is 0 Å². The summed E-state index contributed by atoms with van der Waals surface area (Å²) in [6, 6.07) is 0. The van der Waals surface area contributed by atoms with E-state index in [1.165, 1.54) is 25.7 Å². The molecule has 2 rings (SSSR count). The second-order valence-corrected chi connectivity index (χ2v) is 3.88. The van der Waals surface area contributed by atoms with E-state index in [-0.39, 0.29) is 5.79 Å². The highest BCUT2D eigenvalue weighted by Crippen LogP contribution is 2.33. The highest BCUT2D eigenvalue weighted by atomic mass is 16.7. The molecule has 2 aliphatic rings. The van der Waals surface area contributed by atoms with E-state index in [9.17, 15) is 0 Å². The van der Waals surface area contributed by atoms with E-state index in [2.05, 4.69) is 0 Å². The standard InChI is InChI=1S/C10H18O2/c1-2-4-7-10(6-3-1)11-8-5-9-12-10/h1-9H2. The van der Waals surface area contributed by atoms with Crippen LogP contribution in [-0.4, -0.2) is 19.0 Å². The van der Waals surface area contributed by atoms with E-state index >= 15 is 0 Å². The molecule has 70 valence electrons. The molecule has 2 heteroatoms. The van der Waals surface area contributed by atoms with Crippen LogP contribution in [-0.2, 0) is 9.47 Å². The second kappa shape index (κ2) is 3.75. The van der Waals surface area contributed by atoms with Crippen molar-refractivity contribution < 1.29 is 9.47 Å². The molecule has 2 fully saturated rings. The van der Waals surface area contributed by atoms with Gasteiger partial charge in [0.05, 0.1) is 13.2 Å². The van der Waals surface area contributed by atoms with E-state index in [1.54, 1.807) is 0 Å². The largest absolute Gasteiger partial charge is 0.350 e. The highest BCUT2D eigenvalue weighted by molar-refractivity contribution is 4.75. The maximum Gasteiger partial charge on any atom is 0.168 e. The van der Waals surface area contributed by atoms with Crippen molar-refractivity contribution in [1.29, 1.82) is 0 Å². The van der Waals surface area contributed by atoms with Crippen molar-refractivity contribution >= 4 is 0 Å². The molecule has 0 aromatic carbocycles. The van der Waals surface area contributed by atoms with Crippen LogP contribution < -0.4 is 0 Å². The second-order valence-electron chi connectivity index (χ2n) is 3.88. The van der Waals surface area contributed by atoms with Gasteiger partial charge in [-0.25, -0.2) is 0 Å². The Kier molecular flexibility index (Phi) is 2.66. The first-order chi connectivity index (χ1) is 5.91. The minimum absolute atomic E-state index is 0.158. The molecule has 1 aliphatic heterocycles. The summed E-state index contributed by atoms with van der Waals surface area (Å²) in [4.78, 5) is 0. The molecule has 0 amide bonds. The first kappa shape index (κ1) is 8.52. The van der Waals surface area contributed by atoms with Crippen molar-refractivity contribution in [1.82, 2.24) is 0 Å². The van der Waals surface area contributed by atoms with Gasteiger partial charge in [-0.05, 0) is 19.3 Å². The minimum atomic E-state index is -0.158. The number of rotatable bonds is 0. The Labute approximate surface area is 74.2 Å². The molecule has 12 heavy (non-hydrogen) atoms. The molecule has 0 radical (unpaired) electrons. The quantitative estimate of drug-likeness (QED) is 0.556. The lowest BCUT2D eigenvalue weighted by Crippen LogP contribution is -2.39. The molecule has 0 atom stereocenters. The summed E-state index contributed by atoms with van der Waals surface area (Å²) in [6.45, 7) is 1.81. The monoisotopic (exact) mass is 170 g/mol. The average Bonchev–Trinajstić information content (AvgIpc) is 2.33. The summed E-state index contributed by atoms with van der Waals surface area (Å²) >= 11 is 0. The lowest BCUT2D eigenvalue weighted by Gasteiger charge is -2.36. The van der Waals surface area contributed by atoms with Gasteiger partial charge in [-0.15, -0.1) is 0 Å². The molecule has 1 heterocycles. The van der Waals surface area contributed by atoms with Crippen LogP contribution in [0, 0.1) is 0 Å². The zero-order valence-corrected chi connectivity index (χ0v) is 7.68. The normalized spacial score (nSPS) is 30.0. The number of hydrogen-bond acceptors (Lipinski definition) is 2. The van der Waals surface area contributed by atoms with Crippen LogP contribution in [0.5, 0.6) is 0 Å². The molecular formula is C10H18O2. The van der Waals surface area contributed by atoms with Crippen LogP contribution >= 0.6 is 0 Å². The molecule has 0 aromatic heterocycles. The van der Waals surface area contributed by atoms with Crippen LogP contribution in [0.2, 0.25) is 0 Å². The van der Waals surface area contributed by atoms with Crippen LogP contribution in [0.3, 0.4) is 0 Å². The average molecular weight is 170 g/mol. The maximum atomic E-state index is 5.76. The van der Waals surface area contributed by atoms with Crippen molar-refractivity contribution in [2.75, 3.05) is 13.2 Å². The number of hydrogen-bond donors (Lipinski definition) is 0. The van der Waals surface area contributed by atoms with Gasteiger partial charge in [-0.3, -0.25) is 0 Å². The van der Waals surface area contributed by atoms with E-state index in [4.69, 9.17) is 9.47 Å². The molecule has 1 spiro atoms. The van der Waals surface area contributed by atoms with Crippen molar-refractivity contribution in [2.45, 2.75) is 50.7 Å². The zero-order valence-electron chi connectivity index (χ0n) is 7.68. The van der Waals surface area contributed by atoms with E-state index in [0.29, 0.717) is 0 Å². The van der Waals surface area contributed by atoms with Crippen molar-refractivity contribution in [3.05, 3.63) is 0 Å². The predicted octanol–water partition coefficient (Wildman–Crippen LogP) is 2.47. The fraction of sp³-hybridized carbons (Fsp3) is 1.00. The van der Waals surface area contributed by atoms with Gasteiger partial charge in [-0.2, -0.15) is 0 Å². The van der Waals surface area contributed by atoms with Crippen molar-refractivity contribution in [3.63, 3.8) is 0 Å². The van der Waals surface area contributed by atoms with Gasteiger partial charge in [0.25, 0.3) is 0 Å². The first-order valence-electron chi connectivity index (χ1n) is 5.19. The smallest absolute Gasteiger partial charge is 0.168 e. The predicted molar refractivity (Wildman–Crippen MR) is 47.0 cm³/mol. The molecule has 1 saturated heterocycles. The first-order valence-corrected chi connectivity index (χ1v) is 5.19. The highest BCUT2D eigenvalue weighted by Gasteiger charge is 2.34. The Hall–Kier alpha value is -0.0800. The lowest BCUT2D eigenvalue weighted by atomic mass is 10.1. The topological polar surface area (TPSA) is 18.5 Å². The summed E-state index contributed by atoms with van der Waals surface area (Å²) in [6.07, 6.45) is 8.57. The summed E-state index contributed by atoms with van der Waals surface area (Å²) in [5, 5.41) is 0. The van der Waals surface area contributed by atoms with Crippen molar-refractivity contribution in [2.24, 2.45) is 0 Å². The third-order valence-electron chi connectivity index (χ3n) is 2.88. The zero-order chi connectivity index (χ0) is 8.28. The maximum absolute atomic E-state index is 5.76. The van der Waals surface area contributed by atoms with E-state index in [1.807, 2.05) is 0 Å². The third-order valence-corrected chi connectivity index (χ3v) is 2.88. The fourth-order valence-electron chi connectivity index (χ4n) is 2.17. The minimum Gasteiger partial charge on any atom is -0.350 e.